The van der Waals surface area contributed by atoms with E-state index >= 15 is 0 Å². The molecule has 0 radical (unpaired) electrons. The van der Waals surface area contributed by atoms with Crippen molar-refractivity contribution in [1.29, 1.82) is 0 Å². The van der Waals surface area contributed by atoms with Crippen LogP contribution in [0.25, 0.3) is 0 Å². The van der Waals surface area contributed by atoms with Crippen LogP contribution < -0.4 is 9.62 Å². The van der Waals surface area contributed by atoms with E-state index in [1.807, 2.05) is 45.9 Å². The Balaban J connectivity index is 2.07. The molecule has 2 aromatic carbocycles. The fraction of sp³-hybridized carbons (Fsp3) is 0.435. The van der Waals surface area contributed by atoms with Crippen LogP contribution >= 0.6 is 0 Å². The predicted molar refractivity (Wildman–Crippen MR) is 121 cm³/mol. The van der Waals surface area contributed by atoms with Crippen LogP contribution in [0.3, 0.4) is 0 Å². The van der Waals surface area contributed by atoms with Crippen molar-refractivity contribution < 1.29 is 17.9 Å². The molecule has 0 bridgehead atoms. The zero-order valence-corrected chi connectivity index (χ0v) is 19.3. The van der Waals surface area contributed by atoms with E-state index in [0.29, 0.717) is 24.4 Å². The molecule has 2 rings (SSSR count). The van der Waals surface area contributed by atoms with Gasteiger partial charge in [-0.05, 0) is 62.9 Å². The molecule has 7 heteroatoms. The number of para-hydroxylation sites is 1. The Morgan fingerprint density at radius 2 is 1.67 bits per heavy atom. The number of aryl methyl sites for hydroxylation is 2. The lowest BCUT2D eigenvalue weighted by atomic mass is 10.1. The van der Waals surface area contributed by atoms with Gasteiger partial charge in [-0.1, -0.05) is 30.3 Å². The summed E-state index contributed by atoms with van der Waals surface area (Å²) in [6.07, 6.45) is 2.15. The molecule has 0 heterocycles. The number of ether oxygens (including phenoxy) is 1. The number of carbonyl (C=O) groups is 1. The lowest BCUT2D eigenvalue weighted by Crippen LogP contribution is -2.30. The average Bonchev–Trinajstić information content (AvgIpc) is 2.66. The molecule has 6 nitrogen and oxygen atoms in total. The van der Waals surface area contributed by atoms with E-state index in [2.05, 4.69) is 5.32 Å². The second-order valence-corrected chi connectivity index (χ2v) is 9.64. The van der Waals surface area contributed by atoms with Crippen LogP contribution in [0.15, 0.2) is 42.5 Å². The largest absolute Gasteiger partial charge is 0.379 e. The first-order valence-electron chi connectivity index (χ1n) is 10.1. The van der Waals surface area contributed by atoms with Crippen molar-refractivity contribution in [3.05, 3.63) is 64.7 Å². The number of anilines is 1. The van der Waals surface area contributed by atoms with Crippen molar-refractivity contribution in [2.75, 3.05) is 23.7 Å². The summed E-state index contributed by atoms with van der Waals surface area (Å²) in [5.41, 5.74) is 3.85. The van der Waals surface area contributed by atoms with E-state index in [9.17, 15) is 13.2 Å². The molecule has 1 N–H and O–H groups in total. The van der Waals surface area contributed by atoms with Crippen LogP contribution in [0.2, 0.25) is 0 Å². The number of hydrogen-bond donors (Lipinski definition) is 1. The quantitative estimate of drug-likeness (QED) is 0.579. The molecule has 0 aliphatic carbocycles. The average molecular weight is 433 g/mol. The third kappa shape index (κ3) is 6.85. The van der Waals surface area contributed by atoms with Gasteiger partial charge in [-0.3, -0.25) is 9.10 Å². The van der Waals surface area contributed by atoms with E-state index in [4.69, 9.17) is 4.74 Å². The third-order valence-electron chi connectivity index (χ3n) is 4.69. The Morgan fingerprint density at radius 3 is 2.20 bits per heavy atom. The maximum absolute atomic E-state index is 12.5. The summed E-state index contributed by atoms with van der Waals surface area (Å²) in [7, 11) is -3.47. The van der Waals surface area contributed by atoms with E-state index in [1.165, 1.54) is 10.6 Å². The van der Waals surface area contributed by atoms with Crippen LogP contribution in [0.5, 0.6) is 0 Å². The lowest BCUT2D eigenvalue weighted by molar-refractivity contribution is 0.0757. The number of amides is 1. The minimum absolute atomic E-state index is 0.152. The highest BCUT2D eigenvalue weighted by Gasteiger charge is 2.21. The summed E-state index contributed by atoms with van der Waals surface area (Å²) < 4.78 is 31.8. The number of hydrogen-bond acceptors (Lipinski definition) is 4. The van der Waals surface area contributed by atoms with Crippen molar-refractivity contribution in [3.8, 4) is 0 Å². The molecule has 0 spiro atoms. The minimum Gasteiger partial charge on any atom is -0.379 e. The van der Waals surface area contributed by atoms with Gasteiger partial charge in [-0.2, -0.15) is 0 Å². The highest BCUT2D eigenvalue weighted by molar-refractivity contribution is 7.92. The zero-order chi connectivity index (χ0) is 22.3. The number of rotatable bonds is 10. The normalized spacial score (nSPS) is 11.5. The summed E-state index contributed by atoms with van der Waals surface area (Å²) in [6, 6.07) is 12.8. The predicted octanol–water partition coefficient (Wildman–Crippen LogP) is 3.81. The van der Waals surface area contributed by atoms with Crippen LogP contribution in [-0.4, -0.2) is 39.8 Å². The SMILES string of the molecule is Cc1cccc(C)c1N(Cc1ccc(C(=O)NCCCOC(C)C)cc1)S(C)(=O)=O. The summed E-state index contributed by atoms with van der Waals surface area (Å²) >= 11 is 0. The first kappa shape index (κ1) is 23.9. The maximum atomic E-state index is 12.5. The summed E-state index contributed by atoms with van der Waals surface area (Å²) in [6.45, 7) is 9.12. The van der Waals surface area contributed by atoms with Crippen molar-refractivity contribution in [1.82, 2.24) is 5.32 Å². The molecule has 0 saturated carbocycles. The Bertz CT molecular complexity index is 933. The Labute approximate surface area is 180 Å². The van der Waals surface area contributed by atoms with Crippen molar-refractivity contribution >= 4 is 21.6 Å². The van der Waals surface area contributed by atoms with E-state index in [1.54, 1.807) is 24.3 Å². The van der Waals surface area contributed by atoms with Crippen LogP contribution in [-0.2, 0) is 21.3 Å². The van der Waals surface area contributed by atoms with Crippen molar-refractivity contribution in [3.63, 3.8) is 0 Å². The van der Waals surface area contributed by atoms with Crippen LogP contribution in [0.1, 0.15) is 47.3 Å². The smallest absolute Gasteiger partial charge is 0.251 e. The second-order valence-electron chi connectivity index (χ2n) is 7.74. The van der Waals surface area contributed by atoms with E-state index in [0.717, 1.165) is 23.1 Å². The molecule has 0 atom stereocenters. The highest BCUT2D eigenvalue weighted by Crippen LogP contribution is 2.28. The van der Waals surface area contributed by atoms with Gasteiger partial charge in [0.05, 0.1) is 24.6 Å². The fourth-order valence-electron chi connectivity index (χ4n) is 3.18. The number of carbonyl (C=O) groups excluding carboxylic acids is 1. The van der Waals surface area contributed by atoms with Crippen molar-refractivity contribution in [2.45, 2.75) is 46.8 Å². The summed E-state index contributed by atoms with van der Waals surface area (Å²) in [5.74, 6) is -0.152. The first-order chi connectivity index (χ1) is 14.1. The molecular formula is C23H32N2O4S. The Kier molecular flexibility index (Phi) is 8.43. The van der Waals surface area contributed by atoms with Gasteiger partial charge in [-0.25, -0.2) is 8.42 Å². The number of nitrogens with zero attached hydrogens (tertiary/aromatic N) is 1. The molecule has 2 aromatic rings. The summed E-state index contributed by atoms with van der Waals surface area (Å²) in [4.78, 5) is 12.3. The van der Waals surface area contributed by atoms with Gasteiger partial charge in [0.2, 0.25) is 10.0 Å². The molecule has 0 aliphatic heterocycles. The number of nitrogens with one attached hydrogen (secondary N) is 1. The van der Waals surface area contributed by atoms with Gasteiger partial charge < -0.3 is 10.1 Å². The zero-order valence-electron chi connectivity index (χ0n) is 18.4. The Hall–Kier alpha value is -2.38. The molecule has 164 valence electrons. The van der Waals surface area contributed by atoms with Gasteiger partial charge in [0.25, 0.3) is 5.91 Å². The van der Waals surface area contributed by atoms with Crippen LogP contribution in [0, 0.1) is 13.8 Å². The van der Waals surface area contributed by atoms with Gasteiger partial charge in [-0.15, -0.1) is 0 Å². The molecule has 1 amide bonds. The highest BCUT2D eigenvalue weighted by atomic mass is 32.2. The number of sulfonamides is 1. The number of benzene rings is 2. The molecule has 0 unspecified atom stereocenters. The molecule has 0 aliphatic rings. The van der Waals surface area contributed by atoms with Gasteiger partial charge in [0.1, 0.15) is 0 Å². The maximum Gasteiger partial charge on any atom is 0.251 e. The lowest BCUT2D eigenvalue weighted by Gasteiger charge is -2.26. The standard InChI is InChI=1S/C23H32N2O4S/c1-17(2)29-15-7-14-24-23(26)21-12-10-20(11-13-21)16-25(30(5,27)28)22-18(3)8-6-9-19(22)4/h6,8-13,17H,7,14-16H2,1-5H3,(H,24,26). The third-order valence-corrected chi connectivity index (χ3v) is 5.80. The van der Waals surface area contributed by atoms with Gasteiger partial charge in [0, 0.05) is 18.7 Å². The fourth-order valence-corrected chi connectivity index (χ4v) is 4.19. The monoisotopic (exact) mass is 432 g/mol. The van der Waals surface area contributed by atoms with Crippen LogP contribution in [0.4, 0.5) is 5.69 Å². The van der Waals surface area contributed by atoms with E-state index < -0.39 is 10.0 Å². The first-order valence-corrected chi connectivity index (χ1v) is 12.0. The van der Waals surface area contributed by atoms with Gasteiger partial charge >= 0.3 is 0 Å². The topological polar surface area (TPSA) is 75.7 Å². The molecule has 30 heavy (non-hydrogen) atoms. The van der Waals surface area contributed by atoms with E-state index in [-0.39, 0.29) is 18.6 Å². The molecule has 0 fully saturated rings. The molecular weight excluding hydrogens is 400 g/mol. The van der Waals surface area contributed by atoms with Gasteiger partial charge in [0.15, 0.2) is 0 Å². The Morgan fingerprint density at radius 1 is 1.07 bits per heavy atom. The minimum atomic E-state index is -3.47. The second kappa shape index (κ2) is 10.6. The summed E-state index contributed by atoms with van der Waals surface area (Å²) in [5, 5.41) is 2.87. The molecule has 0 aromatic heterocycles. The molecule has 0 saturated heterocycles. The van der Waals surface area contributed by atoms with Crippen molar-refractivity contribution in [2.24, 2.45) is 0 Å².